The molecule has 0 aliphatic carbocycles. The van der Waals surface area contributed by atoms with Gasteiger partial charge in [0.15, 0.2) is 0 Å². The minimum atomic E-state index is -0.194. The van der Waals surface area contributed by atoms with Crippen LogP contribution in [0.5, 0.6) is 5.75 Å². The summed E-state index contributed by atoms with van der Waals surface area (Å²) in [4.78, 5) is 0. The van der Waals surface area contributed by atoms with E-state index in [0.717, 1.165) is 23.4 Å². The van der Waals surface area contributed by atoms with E-state index in [0.29, 0.717) is 6.61 Å². The Kier molecular flexibility index (Phi) is 4.99. The second-order valence-corrected chi connectivity index (χ2v) is 4.83. The van der Waals surface area contributed by atoms with Crippen molar-refractivity contribution in [2.45, 2.75) is 26.3 Å². The molecule has 0 saturated carbocycles. The Balaban J connectivity index is 1.90. The first-order valence-corrected chi connectivity index (χ1v) is 6.91. The third kappa shape index (κ3) is 4.26. The third-order valence-electron chi connectivity index (χ3n) is 3.03. The predicted octanol–water partition coefficient (Wildman–Crippen LogP) is 4.27. The zero-order valence-corrected chi connectivity index (χ0v) is 11.9. The molecule has 0 bridgehead atoms. The average Bonchev–Trinajstić information content (AvgIpc) is 2.44. The maximum atomic E-state index is 12.8. The van der Waals surface area contributed by atoms with Gasteiger partial charge in [-0.15, -0.1) is 0 Å². The topological polar surface area (TPSA) is 21.3 Å². The quantitative estimate of drug-likeness (QED) is 0.848. The molecule has 0 spiro atoms. The summed E-state index contributed by atoms with van der Waals surface area (Å²) in [6.07, 6.45) is 0.855. The number of nitrogens with one attached hydrogen (secondary N) is 1. The minimum Gasteiger partial charge on any atom is -0.494 e. The normalized spacial score (nSPS) is 11.9. The molecule has 0 aliphatic rings. The minimum absolute atomic E-state index is 0.194. The fraction of sp³-hybridized carbons (Fsp3) is 0.294. The largest absolute Gasteiger partial charge is 0.494 e. The summed E-state index contributed by atoms with van der Waals surface area (Å²) in [5.41, 5.74) is 2.18. The zero-order valence-electron chi connectivity index (χ0n) is 11.9. The molecule has 2 aromatic carbocycles. The van der Waals surface area contributed by atoms with Crippen LogP contribution in [0.3, 0.4) is 0 Å². The monoisotopic (exact) mass is 273 g/mol. The number of anilines is 1. The van der Waals surface area contributed by atoms with Crippen LogP contribution in [0.1, 0.15) is 19.4 Å². The molecule has 0 aliphatic heterocycles. The summed E-state index contributed by atoms with van der Waals surface area (Å²) < 4.78 is 18.3. The first-order chi connectivity index (χ1) is 9.67. The molecule has 1 N–H and O–H groups in total. The van der Waals surface area contributed by atoms with Crippen molar-refractivity contribution in [3.8, 4) is 5.75 Å². The van der Waals surface area contributed by atoms with Gasteiger partial charge in [-0.05, 0) is 62.2 Å². The average molecular weight is 273 g/mol. The van der Waals surface area contributed by atoms with Crippen molar-refractivity contribution >= 4 is 5.69 Å². The number of hydrogen-bond donors (Lipinski definition) is 1. The molecule has 2 rings (SSSR count). The van der Waals surface area contributed by atoms with Crippen LogP contribution in [-0.4, -0.2) is 12.6 Å². The second-order valence-electron chi connectivity index (χ2n) is 4.83. The summed E-state index contributed by atoms with van der Waals surface area (Å²) in [5.74, 6) is 0.685. The van der Waals surface area contributed by atoms with Crippen LogP contribution < -0.4 is 10.1 Å². The molecule has 0 saturated heterocycles. The Labute approximate surface area is 119 Å². The molecule has 1 unspecified atom stereocenters. The molecule has 0 fully saturated rings. The Bertz CT molecular complexity index is 522. The highest BCUT2D eigenvalue weighted by atomic mass is 19.1. The van der Waals surface area contributed by atoms with Crippen molar-refractivity contribution in [3.63, 3.8) is 0 Å². The maximum absolute atomic E-state index is 12.8. The summed E-state index contributed by atoms with van der Waals surface area (Å²) in [7, 11) is 0. The zero-order chi connectivity index (χ0) is 14.4. The highest BCUT2D eigenvalue weighted by Crippen LogP contribution is 2.17. The van der Waals surface area contributed by atoms with Crippen molar-refractivity contribution in [1.82, 2.24) is 0 Å². The number of rotatable bonds is 6. The van der Waals surface area contributed by atoms with Gasteiger partial charge in [-0.25, -0.2) is 4.39 Å². The molecule has 0 heterocycles. The van der Waals surface area contributed by atoms with Crippen molar-refractivity contribution in [2.75, 3.05) is 11.9 Å². The van der Waals surface area contributed by atoms with Crippen molar-refractivity contribution < 1.29 is 9.13 Å². The lowest BCUT2D eigenvalue weighted by Crippen LogP contribution is -2.17. The lowest BCUT2D eigenvalue weighted by Gasteiger charge is -2.15. The van der Waals surface area contributed by atoms with Crippen molar-refractivity contribution in [1.29, 1.82) is 0 Å². The molecule has 0 amide bonds. The Hall–Kier alpha value is -2.03. The Morgan fingerprint density at radius 1 is 1.05 bits per heavy atom. The van der Waals surface area contributed by atoms with E-state index in [-0.39, 0.29) is 11.9 Å². The second kappa shape index (κ2) is 6.94. The van der Waals surface area contributed by atoms with Crippen LogP contribution in [-0.2, 0) is 6.42 Å². The molecule has 0 radical (unpaired) electrons. The molecule has 20 heavy (non-hydrogen) atoms. The molecular formula is C17H20FNO. The Morgan fingerprint density at radius 3 is 2.30 bits per heavy atom. The SMILES string of the molecule is CCOc1ccc(NC(C)Cc2ccc(F)cc2)cc1. The number of benzene rings is 2. The summed E-state index contributed by atoms with van der Waals surface area (Å²) >= 11 is 0. The van der Waals surface area contributed by atoms with E-state index >= 15 is 0 Å². The Morgan fingerprint density at radius 2 is 1.70 bits per heavy atom. The van der Waals surface area contributed by atoms with Crippen LogP contribution in [0.25, 0.3) is 0 Å². The van der Waals surface area contributed by atoms with E-state index in [4.69, 9.17) is 4.74 Å². The number of hydrogen-bond acceptors (Lipinski definition) is 2. The molecule has 2 aromatic rings. The van der Waals surface area contributed by atoms with E-state index in [9.17, 15) is 4.39 Å². The summed E-state index contributed by atoms with van der Waals surface area (Å²) in [6, 6.07) is 14.8. The highest BCUT2D eigenvalue weighted by molar-refractivity contribution is 5.47. The molecule has 0 aromatic heterocycles. The smallest absolute Gasteiger partial charge is 0.123 e. The van der Waals surface area contributed by atoms with Gasteiger partial charge in [-0.2, -0.15) is 0 Å². The van der Waals surface area contributed by atoms with Gasteiger partial charge in [0, 0.05) is 11.7 Å². The van der Waals surface area contributed by atoms with Crippen LogP contribution in [0.4, 0.5) is 10.1 Å². The van der Waals surface area contributed by atoms with E-state index < -0.39 is 0 Å². The van der Waals surface area contributed by atoms with Crippen molar-refractivity contribution in [3.05, 3.63) is 59.9 Å². The van der Waals surface area contributed by atoms with Gasteiger partial charge < -0.3 is 10.1 Å². The molecular weight excluding hydrogens is 253 g/mol. The van der Waals surface area contributed by atoms with E-state index in [2.05, 4.69) is 12.2 Å². The van der Waals surface area contributed by atoms with Gasteiger partial charge >= 0.3 is 0 Å². The first kappa shape index (κ1) is 14.4. The highest BCUT2D eigenvalue weighted by Gasteiger charge is 2.04. The fourth-order valence-electron chi connectivity index (χ4n) is 2.12. The molecule has 106 valence electrons. The van der Waals surface area contributed by atoms with Crippen LogP contribution >= 0.6 is 0 Å². The fourth-order valence-corrected chi connectivity index (χ4v) is 2.12. The van der Waals surface area contributed by atoms with Gasteiger partial charge in [-0.1, -0.05) is 12.1 Å². The van der Waals surface area contributed by atoms with Crippen LogP contribution in [0, 0.1) is 5.82 Å². The van der Waals surface area contributed by atoms with Gasteiger partial charge in [0.2, 0.25) is 0 Å². The van der Waals surface area contributed by atoms with Gasteiger partial charge in [0.25, 0.3) is 0 Å². The van der Waals surface area contributed by atoms with Crippen molar-refractivity contribution in [2.24, 2.45) is 0 Å². The van der Waals surface area contributed by atoms with Gasteiger partial charge in [0.05, 0.1) is 6.61 Å². The van der Waals surface area contributed by atoms with Gasteiger partial charge in [-0.3, -0.25) is 0 Å². The summed E-state index contributed by atoms with van der Waals surface area (Å²) in [5, 5.41) is 3.42. The van der Waals surface area contributed by atoms with Gasteiger partial charge in [0.1, 0.15) is 11.6 Å². The van der Waals surface area contributed by atoms with Crippen LogP contribution in [0.2, 0.25) is 0 Å². The standard InChI is InChI=1S/C17H20FNO/c1-3-20-17-10-8-16(9-11-17)19-13(2)12-14-4-6-15(18)7-5-14/h4-11,13,19H,3,12H2,1-2H3. The lowest BCUT2D eigenvalue weighted by molar-refractivity contribution is 0.340. The predicted molar refractivity (Wildman–Crippen MR) is 80.8 cm³/mol. The number of halogens is 1. The number of ether oxygens (including phenoxy) is 1. The lowest BCUT2D eigenvalue weighted by atomic mass is 10.1. The first-order valence-electron chi connectivity index (χ1n) is 6.91. The van der Waals surface area contributed by atoms with E-state index in [1.54, 1.807) is 0 Å². The molecule has 2 nitrogen and oxygen atoms in total. The third-order valence-corrected chi connectivity index (χ3v) is 3.03. The van der Waals surface area contributed by atoms with E-state index in [1.807, 2.05) is 43.3 Å². The summed E-state index contributed by atoms with van der Waals surface area (Å²) in [6.45, 7) is 4.75. The molecule has 1 atom stereocenters. The maximum Gasteiger partial charge on any atom is 0.123 e. The molecule has 3 heteroatoms. The van der Waals surface area contributed by atoms with E-state index in [1.165, 1.54) is 12.1 Å². The van der Waals surface area contributed by atoms with Crippen LogP contribution in [0.15, 0.2) is 48.5 Å².